The van der Waals surface area contributed by atoms with Crippen molar-refractivity contribution in [1.29, 1.82) is 0 Å². The summed E-state index contributed by atoms with van der Waals surface area (Å²) in [6, 6.07) is 0. The zero-order valence-corrected chi connectivity index (χ0v) is 12.4. The van der Waals surface area contributed by atoms with Gasteiger partial charge < -0.3 is 29.6 Å². The maximum Gasteiger partial charge on any atom is 0.313 e. The molecule has 0 radical (unpaired) electrons. The van der Waals surface area contributed by atoms with Crippen molar-refractivity contribution in [2.45, 2.75) is 39.2 Å². The van der Waals surface area contributed by atoms with E-state index < -0.39 is 49.1 Å². The van der Waals surface area contributed by atoms with Gasteiger partial charge in [0.05, 0.1) is 25.2 Å². The third-order valence-electron chi connectivity index (χ3n) is 3.60. The van der Waals surface area contributed by atoms with Crippen LogP contribution in [-0.4, -0.2) is 59.8 Å². The Bertz CT molecular complexity index is 339. The van der Waals surface area contributed by atoms with Crippen LogP contribution in [0.5, 0.6) is 0 Å². The Labute approximate surface area is 123 Å². The molecular weight excluding hydrogens is 280 g/mol. The molecular formula is C14H24O7. The molecule has 0 rings (SSSR count). The number of hydrogen-bond donors (Lipinski definition) is 3. The first-order valence-corrected chi connectivity index (χ1v) is 6.73. The molecule has 21 heavy (non-hydrogen) atoms. The molecule has 0 amide bonds. The minimum atomic E-state index is -1.10. The molecule has 122 valence electrons. The van der Waals surface area contributed by atoms with Crippen molar-refractivity contribution in [2.24, 2.45) is 10.8 Å². The summed E-state index contributed by atoms with van der Waals surface area (Å²) in [7, 11) is 0. The van der Waals surface area contributed by atoms with Gasteiger partial charge in [0, 0.05) is 5.41 Å². The van der Waals surface area contributed by atoms with Gasteiger partial charge >= 0.3 is 5.97 Å². The van der Waals surface area contributed by atoms with E-state index in [1.807, 2.05) is 0 Å². The maximum atomic E-state index is 11.4. The van der Waals surface area contributed by atoms with Gasteiger partial charge in [-0.2, -0.15) is 0 Å². The fourth-order valence-corrected chi connectivity index (χ4v) is 1.76. The summed E-state index contributed by atoms with van der Waals surface area (Å²) in [6.07, 6.45) is 0.157. The fourth-order valence-electron chi connectivity index (χ4n) is 1.76. The molecule has 0 aliphatic heterocycles. The average Bonchev–Trinajstić information content (AvgIpc) is 2.48. The quantitative estimate of drug-likeness (QED) is 0.266. The fraction of sp³-hybridized carbons (Fsp3) is 0.786. The molecule has 0 aliphatic carbocycles. The van der Waals surface area contributed by atoms with Crippen LogP contribution in [0.2, 0.25) is 0 Å². The number of aliphatic hydroxyl groups excluding tert-OH is 3. The third-order valence-corrected chi connectivity index (χ3v) is 3.60. The normalized spacial score (nSPS) is 13.6. The van der Waals surface area contributed by atoms with Crippen molar-refractivity contribution in [3.05, 3.63) is 0 Å². The van der Waals surface area contributed by atoms with Crippen LogP contribution in [-0.2, 0) is 19.1 Å². The van der Waals surface area contributed by atoms with Gasteiger partial charge in [-0.25, -0.2) is 0 Å². The molecule has 0 saturated heterocycles. The molecule has 0 aliphatic rings. The Morgan fingerprint density at radius 1 is 1.14 bits per heavy atom. The van der Waals surface area contributed by atoms with E-state index in [0.717, 1.165) is 0 Å². The number of aliphatic hydroxyl groups is 3. The smallest absolute Gasteiger partial charge is 0.313 e. The van der Waals surface area contributed by atoms with Crippen molar-refractivity contribution >= 4 is 18.5 Å². The Hall–Kier alpha value is -1.31. The van der Waals surface area contributed by atoms with E-state index in [-0.39, 0.29) is 12.8 Å². The first-order valence-electron chi connectivity index (χ1n) is 6.73. The lowest BCUT2D eigenvalue weighted by Gasteiger charge is -2.33. The molecule has 7 heteroatoms. The van der Waals surface area contributed by atoms with Gasteiger partial charge in [-0.15, -0.1) is 0 Å². The topological polar surface area (TPSA) is 121 Å². The van der Waals surface area contributed by atoms with Crippen molar-refractivity contribution in [2.75, 3.05) is 19.8 Å². The van der Waals surface area contributed by atoms with E-state index in [1.165, 1.54) is 0 Å². The molecule has 1 unspecified atom stereocenters. The Morgan fingerprint density at radius 3 is 2.05 bits per heavy atom. The second-order valence-electron chi connectivity index (χ2n) is 5.80. The van der Waals surface area contributed by atoms with Crippen LogP contribution >= 0.6 is 0 Å². The summed E-state index contributed by atoms with van der Waals surface area (Å²) >= 11 is 0. The zero-order chi connectivity index (χ0) is 16.5. The van der Waals surface area contributed by atoms with Gasteiger partial charge in [-0.1, -0.05) is 0 Å². The highest BCUT2D eigenvalue weighted by Crippen LogP contribution is 2.30. The molecule has 1 atom stereocenters. The SMILES string of the molecule is CC(C)(C=O)C(CCC(CO)(CO)CO)OC(=O)CC=O. The molecule has 7 nitrogen and oxygen atoms in total. The Morgan fingerprint density at radius 2 is 1.67 bits per heavy atom. The molecule has 0 bridgehead atoms. The number of esters is 1. The first kappa shape index (κ1) is 19.7. The highest BCUT2D eigenvalue weighted by atomic mass is 16.5. The van der Waals surface area contributed by atoms with Crippen LogP contribution in [0.25, 0.3) is 0 Å². The predicted molar refractivity (Wildman–Crippen MR) is 73.3 cm³/mol. The van der Waals surface area contributed by atoms with Gasteiger partial charge in [0.15, 0.2) is 0 Å². The molecule has 0 aromatic heterocycles. The van der Waals surface area contributed by atoms with Crippen LogP contribution in [0, 0.1) is 10.8 Å². The van der Waals surface area contributed by atoms with Gasteiger partial charge in [0.2, 0.25) is 0 Å². The lowest BCUT2D eigenvalue weighted by molar-refractivity contribution is -0.157. The number of ether oxygens (including phenoxy) is 1. The number of rotatable bonds is 11. The monoisotopic (exact) mass is 304 g/mol. The molecule has 0 aromatic rings. The highest BCUT2D eigenvalue weighted by molar-refractivity contribution is 5.84. The highest BCUT2D eigenvalue weighted by Gasteiger charge is 2.36. The molecule has 0 spiro atoms. The standard InChI is InChI=1S/C14H24O7/c1-13(2,7-16)11(21-12(20)4-6-15)3-5-14(8-17,9-18)10-19/h6-7,11,17-19H,3-5,8-10H2,1-2H3. The summed E-state index contributed by atoms with van der Waals surface area (Å²) in [5, 5.41) is 27.8. The summed E-state index contributed by atoms with van der Waals surface area (Å²) in [4.78, 5) is 32.9. The largest absolute Gasteiger partial charge is 0.461 e. The van der Waals surface area contributed by atoms with E-state index in [4.69, 9.17) is 4.74 Å². The number of hydrogen-bond acceptors (Lipinski definition) is 7. The maximum absolute atomic E-state index is 11.4. The molecule has 0 heterocycles. The summed E-state index contributed by atoms with van der Waals surface area (Å²) in [5.41, 5.74) is -2.08. The second kappa shape index (κ2) is 8.86. The van der Waals surface area contributed by atoms with Crippen LogP contribution in [0.15, 0.2) is 0 Å². The number of carbonyl (C=O) groups excluding carboxylic acids is 3. The summed E-state index contributed by atoms with van der Waals surface area (Å²) in [5.74, 6) is -0.743. The zero-order valence-electron chi connectivity index (χ0n) is 12.4. The lowest BCUT2D eigenvalue weighted by Crippen LogP contribution is -2.40. The van der Waals surface area contributed by atoms with Crippen molar-refractivity contribution < 1.29 is 34.4 Å². The summed E-state index contributed by atoms with van der Waals surface area (Å²) < 4.78 is 5.13. The van der Waals surface area contributed by atoms with Crippen LogP contribution in [0.4, 0.5) is 0 Å². The van der Waals surface area contributed by atoms with Crippen molar-refractivity contribution in [3.8, 4) is 0 Å². The Balaban J connectivity index is 4.95. The van der Waals surface area contributed by atoms with E-state index in [1.54, 1.807) is 13.8 Å². The second-order valence-corrected chi connectivity index (χ2v) is 5.80. The van der Waals surface area contributed by atoms with Gasteiger partial charge in [-0.3, -0.25) is 4.79 Å². The van der Waals surface area contributed by atoms with Crippen molar-refractivity contribution in [3.63, 3.8) is 0 Å². The minimum absolute atomic E-state index is 0.160. The van der Waals surface area contributed by atoms with Gasteiger partial charge in [-0.05, 0) is 26.7 Å². The molecule has 0 aromatic carbocycles. The average molecular weight is 304 g/mol. The molecule has 0 saturated carbocycles. The number of aldehydes is 2. The molecule has 0 fully saturated rings. The van der Waals surface area contributed by atoms with Gasteiger partial charge in [0.1, 0.15) is 25.1 Å². The number of carbonyl (C=O) groups is 3. The van der Waals surface area contributed by atoms with Gasteiger partial charge in [0.25, 0.3) is 0 Å². The lowest BCUT2D eigenvalue weighted by atomic mass is 9.79. The van der Waals surface area contributed by atoms with Crippen LogP contribution < -0.4 is 0 Å². The molecule has 3 N–H and O–H groups in total. The van der Waals surface area contributed by atoms with E-state index in [9.17, 15) is 29.7 Å². The Kier molecular flexibility index (Phi) is 8.31. The van der Waals surface area contributed by atoms with Crippen LogP contribution in [0.1, 0.15) is 33.1 Å². The minimum Gasteiger partial charge on any atom is -0.461 e. The third kappa shape index (κ3) is 5.91. The van der Waals surface area contributed by atoms with E-state index in [0.29, 0.717) is 12.6 Å². The first-order chi connectivity index (χ1) is 9.80. The van der Waals surface area contributed by atoms with E-state index in [2.05, 4.69) is 0 Å². The van der Waals surface area contributed by atoms with Crippen LogP contribution in [0.3, 0.4) is 0 Å². The predicted octanol–water partition coefficient (Wildman–Crippen LogP) is -0.544. The van der Waals surface area contributed by atoms with Crippen molar-refractivity contribution in [1.82, 2.24) is 0 Å². The van der Waals surface area contributed by atoms with E-state index >= 15 is 0 Å². The summed E-state index contributed by atoms with van der Waals surface area (Å²) in [6.45, 7) is 1.86.